The molecule has 2 aromatic carbocycles. The third kappa shape index (κ3) is 3.08. The molecule has 1 heteroatoms. The maximum absolute atomic E-state index is 6.60. The van der Waals surface area contributed by atoms with Gasteiger partial charge < -0.3 is 0 Å². The van der Waals surface area contributed by atoms with Gasteiger partial charge in [-0.3, -0.25) is 0 Å². The first kappa shape index (κ1) is 13.9. The molecule has 0 radical (unpaired) electrons. The standard InChI is InChI=1S/C18H19Cl/c1-13(2)18(19)17(15-10-5-4-6-11-15)16-12-8-7-9-14(16)3/h4-13H,1-3H3/b18-17+. The van der Waals surface area contributed by atoms with Crippen LogP contribution in [-0.4, -0.2) is 0 Å². The van der Waals surface area contributed by atoms with Crippen LogP contribution in [0.5, 0.6) is 0 Å². The van der Waals surface area contributed by atoms with Crippen molar-refractivity contribution in [3.8, 4) is 0 Å². The highest BCUT2D eigenvalue weighted by molar-refractivity contribution is 6.33. The zero-order valence-electron chi connectivity index (χ0n) is 11.7. The SMILES string of the molecule is Cc1ccccc1/C(=C(/Cl)C(C)C)c1ccccc1. The third-order valence-electron chi connectivity index (χ3n) is 3.22. The molecule has 0 amide bonds. The molecule has 0 heterocycles. The molecule has 98 valence electrons. The van der Waals surface area contributed by atoms with Gasteiger partial charge in [0.1, 0.15) is 0 Å². The van der Waals surface area contributed by atoms with Crippen LogP contribution in [0.4, 0.5) is 0 Å². The Hall–Kier alpha value is -1.53. The van der Waals surface area contributed by atoms with Crippen molar-refractivity contribution >= 4 is 17.2 Å². The van der Waals surface area contributed by atoms with E-state index in [4.69, 9.17) is 11.6 Å². The molecule has 19 heavy (non-hydrogen) atoms. The fourth-order valence-corrected chi connectivity index (χ4v) is 2.38. The minimum atomic E-state index is 0.316. The lowest BCUT2D eigenvalue weighted by Crippen LogP contribution is -1.98. The summed E-state index contributed by atoms with van der Waals surface area (Å²) in [5, 5.41) is 0.917. The average molecular weight is 271 g/mol. The Morgan fingerprint density at radius 3 is 2.05 bits per heavy atom. The van der Waals surface area contributed by atoms with Gasteiger partial charge in [-0.25, -0.2) is 0 Å². The average Bonchev–Trinajstić information content (AvgIpc) is 2.42. The summed E-state index contributed by atoms with van der Waals surface area (Å²) in [6.45, 7) is 6.38. The van der Waals surface area contributed by atoms with E-state index in [-0.39, 0.29) is 0 Å². The molecule has 0 bridgehead atoms. The molecule has 0 aliphatic rings. The van der Waals surface area contributed by atoms with Crippen LogP contribution in [0.15, 0.2) is 59.6 Å². The monoisotopic (exact) mass is 270 g/mol. The second kappa shape index (κ2) is 6.08. The van der Waals surface area contributed by atoms with E-state index in [1.165, 1.54) is 16.7 Å². The molecule has 0 unspecified atom stereocenters. The van der Waals surface area contributed by atoms with Gasteiger partial charge in [-0.2, -0.15) is 0 Å². The second-order valence-corrected chi connectivity index (χ2v) is 5.47. The van der Waals surface area contributed by atoms with Crippen molar-refractivity contribution in [1.82, 2.24) is 0 Å². The summed E-state index contributed by atoms with van der Waals surface area (Å²) in [5.74, 6) is 0.316. The molecule has 0 saturated heterocycles. The van der Waals surface area contributed by atoms with Gasteiger partial charge in [-0.15, -0.1) is 0 Å². The van der Waals surface area contributed by atoms with Crippen molar-refractivity contribution in [1.29, 1.82) is 0 Å². The van der Waals surface area contributed by atoms with Gasteiger partial charge in [0.05, 0.1) is 0 Å². The number of aryl methyl sites for hydroxylation is 1. The lowest BCUT2D eigenvalue weighted by atomic mass is 9.92. The normalized spacial score (nSPS) is 12.5. The first-order chi connectivity index (χ1) is 9.11. The molecule has 2 rings (SSSR count). The number of halogens is 1. The van der Waals surface area contributed by atoms with Crippen LogP contribution in [0.25, 0.3) is 5.57 Å². The number of benzene rings is 2. The Balaban J connectivity index is 2.67. The highest BCUT2D eigenvalue weighted by Gasteiger charge is 2.14. The van der Waals surface area contributed by atoms with Gasteiger partial charge in [-0.1, -0.05) is 80.0 Å². The summed E-state index contributed by atoms with van der Waals surface area (Å²) in [4.78, 5) is 0. The number of hydrogen-bond acceptors (Lipinski definition) is 0. The molecule has 2 aromatic rings. The topological polar surface area (TPSA) is 0 Å². The third-order valence-corrected chi connectivity index (χ3v) is 3.85. The van der Waals surface area contributed by atoms with E-state index in [0.29, 0.717) is 5.92 Å². The first-order valence-corrected chi connectivity index (χ1v) is 7.00. The fraction of sp³-hybridized carbons (Fsp3) is 0.222. The van der Waals surface area contributed by atoms with E-state index >= 15 is 0 Å². The molecule has 0 nitrogen and oxygen atoms in total. The molecular formula is C18H19Cl. The summed E-state index contributed by atoms with van der Waals surface area (Å²) >= 11 is 6.60. The smallest absolute Gasteiger partial charge is 0.0290 e. The van der Waals surface area contributed by atoms with E-state index in [0.717, 1.165) is 10.6 Å². The fourth-order valence-electron chi connectivity index (χ4n) is 2.17. The van der Waals surface area contributed by atoms with Crippen LogP contribution in [-0.2, 0) is 0 Å². The summed E-state index contributed by atoms with van der Waals surface area (Å²) in [5.41, 5.74) is 4.79. The van der Waals surface area contributed by atoms with Gasteiger partial charge in [-0.05, 0) is 29.5 Å². The van der Waals surface area contributed by atoms with Gasteiger partial charge in [0, 0.05) is 10.6 Å². The zero-order chi connectivity index (χ0) is 13.8. The molecule has 0 fully saturated rings. The highest BCUT2D eigenvalue weighted by atomic mass is 35.5. The summed E-state index contributed by atoms with van der Waals surface area (Å²) < 4.78 is 0. The second-order valence-electron chi connectivity index (χ2n) is 5.06. The highest BCUT2D eigenvalue weighted by Crippen LogP contribution is 2.34. The Kier molecular flexibility index (Phi) is 4.44. The lowest BCUT2D eigenvalue weighted by Gasteiger charge is -2.16. The van der Waals surface area contributed by atoms with Crippen molar-refractivity contribution in [2.45, 2.75) is 20.8 Å². The van der Waals surface area contributed by atoms with Gasteiger partial charge in [0.25, 0.3) is 0 Å². The molecule has 0 aliphatic carbocycles. The predicted molar refractivity (Wildman–Crippen MR) is 84.3 cm³/mol. The van der Waals surface area contributed by atoms with E-state index in [2.05, 4.69) is 69.3 Å². The molecule has 0 N–H and O–H groups in total. The van der Waals surface area contributed by atoms with Crippen LogP contribution in [0.3, 0.4) is 0 Å². The van der Waals surface area contributed by atoms with Gasteiger partial charge in [0.15, 0.2) is 0 Å². The van der Waals surface area contributed by atoms with Crippen LogP contribution >= 0.6 is 11.6 Å². The Morgan fingerprint density at radius 2 is 1.47 bits per heavy atom. The quantitative estimate of drug-likeness (QED) is 0.676. The van der Waals surface area contributed by atoms with Gasteiger partial charge >= 0.3 is 0 Å². The van der Waals surface area contributed by atoms with Crippen molar-refractivity contribution in [2.24, 2.45) is 5.92 Å². The first-order valence-electron chi connectivity index (χ1n) is 6.62. The largest absolute Gasteiger partial charge is 0.0882 e. The van der Waals surface area contributed by atoms with Crippen molar-refractivity contribution in [3.05, 3.63) is 76.3 Å². The van der Waals surface area contributed by atoms with Crippen LogP contribution in [0, 0.1) is 12.8 Å². The summed E-state index contributed by atoms with van der Waals surface area (Å²) in [7, 11) is 0. The molecule has 0 spiro atoms. The van der Waals surface area contributed by atoms with Crippen molar-refractivity contribution in [3.63, 3.8) is 0 Å². The Morgan fingerprint density at radius 1 is 0.895 bits per heavy atom. The number of hydrogen-bond donors (Lipinski definition) is 0. The zero-order valence-corrected chi connectivity index (χ0v) is 12.4. The van der Waals surface area contributed by atoms with E-state index in [1.54, 1.807) is 0 Å². The van der Waals surface area contributed by atoms with E-state index in [9.17, 15) is 0 Å². The number of allylic oxidation sites excluding steroid dienone is 1. The molecule has 0 aromatic heterocycles. The summed E-state index contributed by atoms with van der Waals surface area (Å²) in [6.07, 6.45) is 0. The van der Waals surface area contributed by atoms with Gasteiger partial charge in [0.2, 0.25) is 0 Å². The molecule has 0 aliphatic heterocycles. The van der Waals surface area contributed by atoms with Crippen LogP contribution < -0.4 is 0 Å². The minimum absolute atomic E-state index is 0.316. The van der Waals surface area contributed by atoms with Crippen molar-refractivity contribution in [2.75, 3.05) is 0 Å². The molecular weight excluding hydrogens is 252 g/mol. The van der Waals surface area contributed by atoms with Crippen LogP contribution in [0.2, 0.25) is 0 Å². The lowest BCUT2D eigenvalue weighted by molar-refractivity contribution is 0.815. The summed E-state index contributed by atoms with van der Waals surface area (Å²) in [6, 6.07) is 18.8. The molecule has 0 saturated carbocycles. The maximum atomic E-state index is 6.60. The van der Waals surface area contributed by atoms with E-state index in [1.807, 2.05) is 6.07 Å². The van der Waals surface area contributed by atoms with Crippen molar-refractivity contribution < 1.29 is 0 Å². The predicted octanol–water partition coefficient (Wildman–Crippen LogP) is 5.65. The Labute approximate surface area is 120 Å². The minimum Gasteiger partial charge on any atom is -0.0882 e. The maximum Gasteiger partial charge on any atom is 0.0290 e. The van der Waals surface area contributed by atoms with Crippen LogP contribution in [0.1, 0.15) is 30.5 Å². The molecule has 0 atom stereocenters. The Bertz CT molecular complexity index is 580. The van der Waals surface area contributed by atoms with E-state index < -0.39 is 0 Å². The number of rotatable bonds is 3.